The molecule has 118 valence electrons. The molecule has 0 aliphatic rings. The van der Waals surface area contributed by atoms with Crippen LogP contribution >= 0.6 is 11.3 Å². The third-order valence-corrected chi connectivity index (χ3v) is 3.88. The molecule has 0 unspecified atom stereocenters. The first-order chi connectivity index (χ1) is 10.5. The van der Waals surface area contributed by atoms with Crippen LogP contribution < -0.4 is 5.32 Å². The second-order valence-corrected chi connectivity index (χ2v) is 6.31. The molecule has 0 saturated heterocycles. The Morgan fingerprint density at radius 3 is 2.91 bits per heavy atom. The van der Waals surface area contributed by atoms with Crippen molar-refractivity contribution in [2.24, 2.45) is 5.92 Å². The second kappa shape index (κ2) is 7.22. The van der Waals surface area contributed by atoms with Crippen molar-refractivity contribution in [2.45, 2.75) is 26.8 Å². The summed E-state index contributed by atoms with van der Waals surface area (Å²) >= 11 is 1.39. The van der Waals surface area contributed by atoms with Gasteiger partial charge < -0.3 is 14.5 Å². The third-order valence-electron chi connectivity index (χ3n) is 2.86. The van der Waals surface area contributed by atoms with E-state index in [4.69, 9.17) is 4.42 Å². The highest BCUT2D eigenvalue weighted by atomic mass is 32.1. The molecule has 2 heterocycles. The topological polar surface area (TPSA) is 81.4 Å². The Labute approximate surface area is 132 Å². The van der Waals surface area contributed by atoms with E-state index in [1.807, 2.05) is 0 Å². The number of hydrogen-bond donors (Lipinski definition) is 1. The summed E-state index contributed by atoms with van der Waals surface area (Å²) in [7, 11) is 1.30. The molecule has 0 fully saturated rings. The first-order valence-corrected chi connectivity index (χ1v) is 7.70. The summed E-state index contributed by atoms with van der Waals surface area (Å²) in [5, 5.41) is 3.69. The number of aromatic nitrogens is 1. The average Bonchev–Trinajstić information content (AvgIpc) is 3.12. The normalized spacial score (nSPS) is 10.7. The second-order valence-electron chi connectivity index (χ2n) is 5.19. The van der Waals surface area contributed by atoms with E-state index >= 15 is 0 Å². The van der Waals surface area contributed by atoms with Crippen LogP contribution in [0, 0.1) is 5.92 Å². The number of esters is 1. The molecule has 0 saturated carbocycles. The highest BCUT2D eigenvalue weighted by Crippen LogP contribution is 2.17. The van der Waals surface area contributed by atoms with Gasteiger partial charge in [-0.2, -0.15) is 0 Å². The summed E-state index contributed by atoms with van der Waals surface area (Å²) in [6, 6.07) is 1.54. The summed E-state index contributed by atoms with van der Waals surface area (Å²) in [4.78, 5) is 28.2. The maximum Gasteiger partial charge on any atom is 0.341 e. The van der Waals surface area contributed by atoms with Crippen LogP contribution in [-0.4, -0.2) is 24.0 Å². The van der Waals surface area contributed by atoms with Gasteiger partial charge in [0.2, 0.25) is 0 Å². The Kier molecular flexibility index (Phi) is 5.32. The first-order valence-electron chi connectivity index (χ1n) is 6.88. The predicted octanol–water partition coefficient (Wildman–Crippen LogP) is 2.65. The number of rotatable bonds is 6. The molecule has 7 heteroatoms. The number of amides is 1. The lowest BCUT2D eigenvalue weighted by atomic mass is 10.1. The quantitative estimate of drug-likeness (QED) is 0.827. The molecule has 0 bridgehead atoms. The van der Waals surface area contributed by atoms with Gasteiger partial charge in [-0.15, -0.1) is 11.3 Å². The smallest absolute Gasteiger partial charge is 0.341 e. The van der Waals surface area contributed by atoms with Crippen LogP contribution in [-0.2, 0) is 17.7 Å². The molecule has 0 atom stereocenters. The van der Waals surface area contributed by atoms with Crippen molar-refractivity contribution in [3.63, 3.8) is 0 Å². The SMILES string of the molecule is COC(=O)c1coc(CNC(=O)c2cnc(CC(C)C)s2)c1. The van der Waals surface area contributed by atoms with Crippen LogP contribution in [0.2, 0.25) is 0 Å². The van der Waals surface area contributed by atoms with Gasteiger partial charge in [-0.3, -0.25) is 4.79 Å². The summed E-state index contributed by atoms with van der Waals surface area (Å²) in [6.07, 6.45) is 3.75. The molecule has 2 aromatic rings. The fourth-order valence-corrected chi connectivity index (χ4v) is 2.86. The van der Waals surface area contributed by atoms with E-state index in [2.05, 4.69) is 28.9 Å². The molecule has 0 spiro atoms. The number of methoxy groups -OCH3 is 1. The first kappa shape index (κ1) is 16.2. The van der Waals surface area contributed by atoms with Gasteiger partial charge in [-0.05, 0) is 12.0 Å². The largest absolute Gasteiger partial charge is 0.467 e. The van der Waals surface area contributed by atoms with Crippen LogP contribution in [0.25, 0.3) is 0 Å². The molecule has 6 nitrogen and oxygen atoms in total. The predicted molar refractivity (Wildman–Crippen MR) is 81.9 cm³/mol. The van der Waals surface area contributed by atoms with Gasteiger partial charge in [0, 0.05) is 6.42 Å². The Hall–Kier alpha value is -2.15. The van der Waals surface area contributed by atoms with Crippen LogP contribution in [0.4, 0.5) is 0 Å². The van der Waals surface area contributed by atoms with Crippen LogP contribution in [0.15, 0.2) is 22.9 Å². The number of furan rings is 1. The van der Waals surface area contributed by atoms with Crippen molar-refractivity contribution < 1.29 is 18.7 Å². The van der Waals surface area contributed by atoms with Crippen LogP contribution in [0.5, 0.6) is 0 Å². The molecule has 22 heavy (non-hydrogen) atoms. The zero-order valence-electron chi connectivity index (χ0n) is 12.7. The minimum Gasteiger partial charge on any atom is -0.467 e. The van der Waals surface area contributed by atoms with Gasteiger partial charge in [0.1, 0.15) is 16.9 Å². The lowest BCUT2D eigenvalue weighted by Crippen LogP contribution is -2.21. The van der Waals surface area contributed by atoms with E-state index in [0.29, 0.717) is 22.1 Å². The van der Waals surface area contributed by atoms with Gasteiger partial charge in [0.25, 0.3) is 5.91 Å². The summed E-state index contributed by atoms with van der Waals surface area (Å²) in [5.41, 5.74) is 0.323. The molecule has 0 radical (unpaired) electrons. The number of carbonyl (C=O) groups is 2. The van der Waals surface area contributed by atoms with Gasteiger partial charge >= 0.3 is 5.97 Å². The number of carbonyl (C=O) groups excluding carboxylic acids is 2. The fraction of sp³-hybridized carbons (Fsp3) is 0.400. The lowest BCUT2D eigenvalue weighted by Gasteiger charge is -2.00. The number of nitrogens with one attached hydrogen (secondary N) is 1. The number of ether oxygens (including phenoxy) is 1. The maximum absolute atomic E-state index is 12.0. The molecule has 0 aromatic carbocycles. The van der Waals surface area contributed by atoms with Crippen LogP contribution in [0.3, 0.4) is 0 Å². The van der Waals surface area contributed by atoms with Crippen molar-refractivity contribution >= 4 is 23.2 Å². The Morgan fingerprint density at radius 1 is 1.45 bits per heavy atom. The third kappa shape index (κ3) is 4.17. The Balaban J connectivity index is 1.91. The highest BCUT2D eigenvalue weighted by Gasteiger charge is 2.14. The Bertz CT molecular complexity index is 660. The number of nitrogens with zero attached hydrogens (tertiary/aromatic N) is 1. The van der Waals surface area contributed by atoms with Crippen molar-refractivity contribution in [3.8, 4) is 0 Å². The minimum atomic E-state index is -0.470. The molecule has 1 N–H and O–H groups in total. The number of thiazole rings is 1. The zero-order valence-corrected chi connectivity index (χ0v) is 13.5. The summed E-state index contributed by atoms with van der Waals surface area (Å²) < 4.78 is 9.79. The van der Waals surface area contributed by atoms with Crippen molar-refractivity contribution in [2.75, 3.05) is 7.11 Å². The maximum atomic E-state index is 12.0. The van der Waals surface area contributed by atoms with E-state index in [1.165, 1.54) is 24.7 Å². The average molecular weight is 322 g/mol. The van der Waals surface area contributed by atoms with Gasteiger partial charge in [-0.25, -0.2) is 9.78 Å². The standard InChI is InChI=1S/C15H18N2O4S/c1-9(2)4-13-16-7-12(22-13)14(18)17-6-11-5-10(8-21-11)15(19)20-3/h5,7-9H,4,6H2,1-3H3,(H,17,18). The van der Waals surface area contributed by atoms with E-state index in [1.54, 1.807) is 12.3 Å². The van der Waals surface area contributed by atoms with Gasteiger partial charge in [0.05, 0.1) is 30.4 Å². The van der Waals surface area contributed by atoms with E-state index < -0.39 is 5.97 Å². The molecule has 0 aliphatic heterocycles. The van der Waals surface area contributed by atoms with Gasteiger partial charge in [-0.1, -0.05) is 13.8 Å². The minimum absolute atomic E-state index is 0.202. The zero-order chi connectivity index (χ0) is 16.1. The van der Waals surface area contributed by atoms with E-state index in [0.717, 1.165) is 11.4 Å². The van der Waals surface area contributed by atoms with Crippen molar-refractivity contribution in [3.05, 3.63) is 39.7 Å². The highest BCUT2D eigenvalue weighted by molar-refractivity contribution is 7.13. The summed E-state index contributed by atoms with van der Waals surface area (Å²) in [5.74, 6) is 0.313. The molecular formula is C15H18N2O4S. The van der Waals surface area contributed by atoms with E-state index in [-0.39, 0.29) is 12.5 Å². The van der Waals surface area contributed by atoms with Gasteiger partial charge in [0.15, 0.2) is 0 Å². The summed E-state index contributed by atoms with van der Waals surface area (Å²) in [6.45, 7) is 4.42. The van der Waals surface area contributed by atoms with Crippen molar-refractivity contribution in [1.29, 1.82) is 0 Å². The number of hydrogen-bond acceptors (Lipinski definition) is 6. The lowest BCUT2D eigenvalue weighted by molar-refractivity contribution is 0.0599. The van der Waals surface area contributed by atoms with Crippen molar-refractivity contribution in [1.82, 2.24) is 10.3 Å². The Morgan fingerprint density at radius 2 is 2.23 bits per heavy atom. The fourth-order valence-electron chi connectivity index (χ4n) is 1.81. The van der Waals surface area contributed by atoms with Crippen LogP contribution in [0.1, 0.15) is 44.6 Å². The molecule has 2 aromatic heterocycles. The molecular weight excluding hydrogens is 304 g/mol. The van der Waals surface area contributed by atoms with E-state index in [9.17, 15) is 9.59 Å². The molecule has 2 rings (SSSR count). The monoisotopic (exact) mass is 322 g/mol. The molecule has 1 amide bonds. The molecule has 0 aliphatic carbocycles.